The summed E-state index contributed by atoms with van der Waals surface area (Å²) in [6.45, 7) is 6.98. The maximum atomic E-state index is 11.5. The first-order chi connectivity index (χ1) is 7.82. The van der Waals surface area contributed by atoms with Crippen LogP contribution in [0.4, 0.5) is 11.4 Å². The number of hydrogen-bond acceptors (Lipinski definition) is 3. The quantitative estimate of drug-likeness (QED) is 0.647. The Morgan fingerprint density at radius 2 is 1.88 bits per heavy atom. The molecule has 0 bridgehead atoms. The molecule has 5 heteroatoms. The average molecular weight is 236 g/mol. The van der Waals surface area contributed by atoms with E-state index in [1.165, 1.54) is 6.07 Å². The van der Waals surface area contributed by atoms with E-state index in [2.05, 4.69) is 5.32 Å². The number of hydrogen-bond donors (Lipinski definition) is 1. The van der Waals surface area contributed by atoms with E-state index >= 15 is 0 Å². The molecule has 0 radical (unpaired) electrons. The zero-order valence-electron chi connectivity index (χ0n) is 10.4. The molecule has 0 spiro atoms. The van der Waals surface area contributed by atoms with Crippen molar-refractivity contribution in [3.63, 3.8) is 0 Å². The van der Waals surface area contributed by atoms with E-state index in [9.17, 15) is 14.9 Å². The Kier molecular flexibility index (Phi) is 3.83. The van der Waals surface area contributed by atoms with Crippen LogP contribution >= 0.6 is 0 Å². The van der Waals surface area contributed by atoms with Gasteiger partial charge in [-0.2, -0.15) is 0 Å². The summed E-state index contributed by atoms with van der Waals surface area (Å²) in [7, 11) is 0. The molecule has 0 saturated carbocycles. The lowest BCUT2D eigenvalue weighted by Crippen LogP contribution is -2.18. The van der Waals surface area contributed by atoms with E-state index in [0.717, 1.165) is 0 Å². The predicted octanol–water partition coefficient (Wildman–Crippen LogP) is 2.81. The highest BCUT2D eigenvalue weighted by atomic mass is 16.6. The molecule has 0 aliphatic rings. The number of aryl methyl sites for hydroxylation is 2. The third kappa shape index (κ3) is 3.03. The molecular formula is C12H16N2O3. The van der Waals surface area contributed by atoms with Crippen molar-refractivity contribution in [2.75, 3.05) is 5.32 Å². The van der Waals surface area contributed by atoms with Crippen molar-refractivity contribution in [3.8, 4) is 0 Å². The molecule has 1 aromatic rings. The second-order valence-electron chi connectivity index (χ2n) is 4.35. The van der Waals surface area contributed by atoms with Gasteiger partial charge in [-0.3, -0.25) is 14.9 Å². The predicted molar refractivity (Wildman–Crippen MR) is 66.0 cm³/mol. The highest BCUT2D eigenvalue weighted by Gasteiger charge is 2.15. The summed E-state index contributed by atoms with van der Waals surface area (Å²) in [5.41, 5.74) is 1.94. The van der Waals surface area contributed by atoms with Crippen LogP contribution in [-0.4, -0.2) is 10.8 Å². The number of carbonyl (C=O) groups is 1. The summed E-state index contributed by atoms with van der Waals surface area (Å²) < 4.78 is 0. The second-order valence-corrected chi connectivity index (χ2v) is 4.35. The van der Waals surface area contributed by atoms with Crippen LogP contribution < -0.4 is 5.32 Å². The van der Waals surface area contributed by atoms with Crippen LogP contribution in [0.15, 0.2) is 12.1 Å². The van der Waals surface area contributed by atoms with Crippen LogP contribution in [0, 0.1) is 29.9 Å². The summed E-state index contributed by atoms with van der Waals surface area (Å²) in [4.78, 5) is 21.9. The van der Waals surface area contributed by atoms with Crippen molar-refractivity contribution in [2.24, 2.45) is 5.92 Å². The summed E-state index contributed by atoms with van der Waals surface area (Å²) in [6, 6.07) is 3.11. The third-order valence-electron chi connectivity index (χ3n) is 2.52. The molecule has 92 valence electrons. The second kappa shape index (κ2) is 4.95. The maximum absolute atomic E-state index is 11.5. The number of nitrogens with one attached hydrogen (secondary N) is 1. The van der Waals surface area contributed by atoms with Crippen molar-refractivity contribution < 1.29 is 9.72 Å². The van der Waals surface area contributed by atoms with Gasteiger partial charge in [-0.25, -0.2) is 0 Å². The Balaban J connectivity index is 3.08. The maximum Gasteiger partial charge on any atom is 0.272 e. The van der Waals surface area contributed by atoms with E-state index in [0.29, 0.717) is 16.8 Å². The molecule has 0 saturated heterocycles. The van der Waals surface area contributed by atoms with Crippen molar-refractivity contribution >= 4 is 17.3 Å². The number of nitro groups is 1. The average Bonchev–Trinajstić information content (AvgIpc) is 2.22. The van der Waals surface area contributed by atoms with Crippen LogP contribution in [0.25, 0.3) is 0 Å². The van der Waals surface area contributed by atoms with Gasteiger partial charge in [0.05, 0.1) is 4.92 Å². The summed E-state index contributed by atoms with van der Waals surface area (Å²) >= 11 is 0. The Hall–Kier alpha value is -1.91. The third-order valence-corrected chi connectivity index (χ3v) is 2.52. The minimum absolute atomic E-state index is 0.0741. The summed E-state index contributed by atoms with van der Waals surface area (Å²) in [6.07, 6.45) is 0. The van der Waals surface area contributed by atoms with Gasteiger partial charge in [0.25, 0.3) is 5.69 Å². The number of carbonyl (C=O) groups excluding carboxylic acids is 1. The Bertz CT molecular complexity index is 467. The fourth-order valence-corrected chi connectivity index (χ4v) is 1.41. The fraction of sp³-hybridized carbons (Fsp3) is 0.417. The fourth-order valence-electron chi connectivity index (χ4n) is 1.41. The molecule has 17 heavy (non-hydrogen) atoms. The van der Waals surface area contributed by atoms with Crippen LogP contribution in [0.2, 0.25) is 0 Å². The number of rotatable bonds is 3. The van der Waals surface area contributed by atoms with Gasteiger partial charge in [0, 0.05) is 23.2 Å². The highest BCUT2D eigenvalue weighted by molar-refractivity contribution is 5.93. The molecule has 1 amide bonds. The van der Waals surface area contributed by atoms with E-state index in [1.54, 1.807) is 33.8 Å². The zero-order chi connectivity index (χ0) is 13.2. The molecule has 1 aromatic carbocycles. The first-order valence-electron chi connectivity index (χ1n) is 5.39. The molecule has 0 fully saturated rings. The van der Waals surface area contributed by atoms with Gasteiger partial charge in [0.1, 0.15) is 0 Å². The number of benzene rings is 1. The first-order valence-corrected chi connectivity index (χ1v) is 5.39. The lowest BCUT2D eigenvalue weighted by atomic mass is 10.1. The SMILES string of the molecule is Cc1cc([N+](=O)[O-])c(C)cc1NC(=O)C(C)C. The number of anilines is 1. The van der Waals surface area contributed by atoms with Crippen molar-refractivity contribution in [2.45, 2.75) is 27.7 Å². The summed E-state index contributed by atoms with van der Waals surface area (Å²) in [5, 5.41) is 13.5. The molecule has 1 N–H and O–H groups in total. The van der Waals surface area contributed by atoms with Crippen LogP contribution in [-0.2, 0) is 4.79 Å². The van der Waals surface area contributed by atoms with Gasteiger partial charge in [-0.1, -0.05) is 13.8 Å². The molecule has 1 rings (SSSR count). The molecular weight excluding hydrogens is 220 g/mol. The van der Waals surface area contributed by atoms with Crippen LogP contribution in [0.3, 0.4) is 0 Å². The van der Waals surface area contributed by atoms with E-state index < -0.39 is 4.92 Å². The smallest absolute Gasteiger partial charge is 0.272 e. The van der Waals surface area contributed by atoms with Crippen molar-refractivity contribution in [1.29, 1.82) is 0 Å². The molecule has 0 unspecified atom stereocenters. The largest absolute Gasteiger partial charge is 0.326 e. The number of nitro benzene ring substituents is 1. The molecule has 0 aliphatic carbocycles. The molecule has 5 nitrogen and oxygen atoms in total. The molecule has 0 aliphatic heterocycles. The van der Waals surface area contributed by atoms with E-state index in [1.807, 2.05) is 0 Å². The lowest BCUT2D eigenvalue weighted by Gasteiger charge is -2.11. The lowest BCUT2D eigenvalue weighted by molar-refractivity contribution is -0.385. The summed E-state index contributed by atoms with van der Waals surface area (Å²) in [5.74, 6) is -0.216. The van der Waals surface area contributed by atoms with Crippen molar-refractivity contribution in [3.05, 3.63) is 33.4 Å². The van der Waals surface area contributed by atoms with Gasteiger partial charge in [-0.15, -0.1) is 0 Å². The van der Waals surface area contributed by atoms with Gasteiger partial charge in [0.2, 0.25) is 5.91 Å². The van der Waals surface area contributed by atoms with E-state index in [4.69, 9.17) is 0 Å². The minimum atomic E-state index is -0.420. The van der Waals surface area contributed by atoms with E-state index in [-0.39, 0.29) is 17.5 Å². The number of nitrogens with zero attached hydrogens (tertiary/aromatic N) is 1. The Labute approximate surface area is 100.0 Å². The first kappa shape index (κ1) is 13.2. The van der Waals surface area contributed by atoms with Gasteiger partial charge in [-0.05, 0) is 25.5 Å². The zero-order valence-corrected chi connectivity index (χ0v) is 10.4. The van der Waals surface area contributed by atoms with Gasteiger partial charge >= 0.3 is 0 Å². The van der Waals surface area contributed by atoms with Gasteiger partial charge in [0.15, 0.2) is 0 Å². The highest BCUT2D eigenvalue weighted by Crippen LogP contribution is 2.26. The number of amides is 1. The van der Waals surface area contributed by atoms with Crippen LogP contribution in [0.5, 0.6) is 0 Å². The monoisotopic (exact) mass is 236 g/mol. The Morgan fingerprint density at radius 3 is 2.35 bits per heavy atom. The minimum Gasteiger partial charge on any atom is -0.326 e. The van der Waals surface area contributed by atoms with Crippen molar-refractivity contribution in [1.82, 2.24) is 0 Å². The topological polar surface area (TPSA) is 72.2 Å². The standard InChI is InChI=1S/C12H16N2O3/c1-7(2)12(15)13-10-5-9(4)11(14(16)17)6-8(10)3/h5-7H,1-4H3,(H,13,15). The van der Waals surface area contributed by atoms with Crippen LogP contribution in [0.1, 0.15) is 25.0 Å². The van der Waals surface area contributed by atoms with Gasteiger partial charge < -0.3 is 5.32 Å². The normalized spacial score (nSPS) is 10.4. The Morgan fingerprint density at radius 1 is 1.29 bits per heavy atom. The molecule has 0 atom stereocenters. The molecule has 0 aromatic heterocycles. The molecule has 0 heterocycles.